The van der Waals surface area contributed by atoms with Crippen LogP contribution < -0.4 is 0 Å². The van der Waals surface area contributed by atoms with Crippen LogP contribution in [0.5, 0.6) is 0 Å². The van der Waals surface area contributed by atoms with Gasteiger partial charge < -0.3 is 9.79 Å². The average molecular weight is 294 g/mol. The van der Waals surface area contributed by atoms with Crippen molar-refractivity contribution < 1.29 is 14.4 Å². The van der Waals surface area contributed by atoms with E-state index in [9.17, 15) is 14.4 Å². The van der Waals surface area contributed by atoms with Crippen molar-refractivity contribution in [1.82, 2.24) is 0 Å². The number of fused-ring (bicyclic) bond motifs is 2. The van der Waals surface area contributed by atoms with Crippen molar-refractivity contribution in [3.63, 3.8) is 0 Å². The highest BCUT2D eigenvalue weighted by Crippen LogP contribution is 2.77. The Morgan fingerprint density at radius 2 is 1.89 bits per heavy atom. The predicted octanol–water partition coefficient (Wildman–Crippen LogP) is 3.95. The van der Waals surface area contributed by atoms with Gasteiger partial charge in [-0.15, -0.1) is 0 Å². The van der Waals surface area contributed by atoms with Crippen molar-refractivity contribution in [3.05, 3.63) is 52.6 Å². The molecule has 100 valence electrons. The highest BCUT2D eigenvalue weighted by molar-refractivity contribution is 7.73. The lowest BCUT2D eigenvalue weighted by Gasteiger charge is -2.28. The first-order chi connectivity index (χ1) is 8.84. The summed E-state index contributed by atoms with van der Waals surface area (Å²) in [5, 5.41) is 1.64. The van der Waals surface area contributed by atoms with E-state index in [0.717, 1.165) is 11.7 Å². The quantitative estimate of drug-likeness (QED) is 0.812. The number of rotatable bonds is 2. The minimum Gasteiger partial charge on any atom is -0.321 e. The molecule has 3 rings (SSSR count). The van der Waals surface area contributed by atoms with Gasteiger partial charge in [-0.3, -0.25) is 4.57 Å². The van der Waals surface area contributed by atoms with Gasteiger partial charge in [-0.05, 0) is 37.7 Å². The third-order valence-electron chi connectivity index (χ3n) is 4.16. The molecule has 2 bridgehead atoms. The maximum absolute atomic E-state index is 11.6. The van der Waals surface area contributed by atoms with Gasteiger partial charge in [0.15, 0.2) is 0 Å². The molecule has 0 aliphatic carbocycles. The molecule has 0 amide bonds. The Labute approximate surface area is 114 Å². The summed E-state index contributed by atoms with van der Waals surface area (Å²) in [5.41, 5.74) is 1.87. The van der Waals surface area contributed by atoms with Gasteiger partial charge in [0, 0.05) is 5.41 Å². The molecule has 0 aromatic heterocycles. The first-order valence-electron chi connectivity index (χ1n) is 6.16. The molecule has 2 unspecified atom stereocenters. The number of hydrogen-bond acceptors (Lipinski definition) is 1. The summed E-state index contributed by atoms with van der Waals surface area (Å²) in [5.74, 6) is 1.85. The molecule has 0 fully saturated rings. The molecule has 19 heavy (non-hydrogen) atoms. The molecular weight excluding hydrogens is 278 g/mol. The van der Waals surface area contributed by atoms with Gasteiger partial charge in [-0.25, -0.2) is 0 Å². The van der Waals surface area contributed by atoms with Crippen LogP contribution in [-0.2, 0) is 4.57 Å². The normalized spacial score (nSPS) is 29.9. The molecule has 3 nitrogen and oxygen atoms in total. The topological polar surface area (TPSA) is 57.5 Å². The van der Waals surface area contributed by atoms with Gasteiger partial charge >= 0.3 is 7.60 Å². The van der Waals surface area contributed by atoms with Gasteiger partial charge in [-0.1, -0.05) is 42.8 Å². The maximum atomic E-state index is 11.6. The molecule has 0 spiro atoms. The second kappa shape index (κ2) is 4.14. The Balaban J connectivity index is 2.11. The van der Waals surface area contributed by atoms with Crippen LogP contribution in [0.1, 0.15) is 19.4 Å². The van der Waals surface area contributed by atoms with E-state index >= 15 is 0 Å². The fraction of sp³-hybridized carbons (Fsp3) is 0.286. The minimum atomic E-state index is -4.13. The summed E-state index contributed by atoms with van der Waals surface area (Å²) in [6.07, 6.45) is 0.846. The Hall–Kier alpha value is -0.720. The van der Waals surface area contributed by atoms with E-state index in [1.165, 1.54) is 10.9 Å². The van der Waals surface area contributed by atoms with Gasteiger partial charge in [0.1, 0.15) is 0 Å². The molecule has 0 saturated heterocycles. The summed E-state index contributed by atoms with van der Waals surface area (Å²) in [6.45, 7) is 3.98. The second-order valence-corrected chi connectivity index (χ2v) is 8.89. The number of benzene rings is 1. The van der Waals surface area contributed by atoms with Crippen molar-refractivity contribution in [3.8, 4) is 0 Å². The Morgan fingerprint density at radius 1 is 1.26 bits per heavy atom. The molecular formula is C14H16O3P2. The van der Waals surface area contributed by atoms with Crippen molar-refractivity contribution >= 4 is 20.8 Å². The second-order valence-electron chi connectivity index (χ2n) is 5.36. The first kappa shape index (κ1) is 13.3. The van der Waals surface area contributed by atoms with Gasteiger partial charge in [0.05, 0.1) is 5.31 Å². The zero-order valence-corrected chi connectivity index (χ0v) is 12.7. The lowest BCUT2D eigenvalue weighted by molar-refractivity contribution is 0.371. The van der Waals surface area contributed by atoms with Crippen molar-refractivity contribution in [2.45, 2.75) is 13.8 Å². The summed E-state index contributed by atoms with van der Waals surface area (Å²) >= 11 is 0. The summed E-state index contributed by atoms with van der Waals surface area (Å²) < 4.78 is 11.6. The van der Waals surface area contributed by atoms with E-state index in [1.807, 2.05) is 37.9 Å². The van der Waals surface area contributed by atoms with Gasteiger partial charge in [-0.2, -0.15) is 0 Å². The van der Waals surface area contributed by atoms with E-state index in [1.54, 1.807) is 0 Å². The van der Waals surface area contributed by atoms with E-state index in [-0.39, 0.29) is 0 Å². The van der Waals surface area contributed by atoms with Crippen LogP contribution in [0.25, 0.3) is 5.31 Å². The lowest BCUT2D eigenvalue weighted by atomic mass is 9.84. The van der Waals surface area contributed by atoms with Crippen molar-refractivity contribution in [2.24, 2.45) is 5.41 Å². The number of hydrogen-bond donors (Lipinski definition) is 2. The Bertz CT molecular complexity index is 642. The van der Waals surface area contributed by atoms with E-state index < -0.39 is 20.9 Å². The van der Waals surface area contributed by atoms with Gasteiger partial charge in [0.25, 0.3) is 0 Å². The Kier molecular flexibility index (Phi) is 2.89. The zero-order chi connectivity index (χ0) is 13.8. The molecule has 1 aromatic carbocycles. The molecule has 0 saturated carbocycles. The Morgan fingerprint density at radius 3 is 2.42 bits per heavy atom. The first-order valence-corrected chi connectivity index (χ1v) is 9.37. The maximum Gasteiger partial charge on any atom is 0.353 e. The van der Waals surface area contributed by atoms with E-state index in [0.29, 0.717) is 5.31 Å². The highest BCUT2D eigenvalue weighted by atomic mass is 31.2. The van der Waals surface area contributed by atoms with Crippen LogP contribution in [0.3, 0.4) is 0 Å². The third-order valence-corrected chi connectivity index (χ3v) is 8.33. The summed E-state index contributed by atoms with van der Waals surface area (Å²) in [6, 6.07) is 10.2. The molecule has 2 heterocycles. The third kappa shape index (κ3) is 1.88. The molecule has 2 aliphatic heterocycles. The molecule has 5 heteroatoms. The van der Waals surface area contributed by atoms with E-state index in [2.05, 4.69) is 12.1 Å². The summed E-state index contributed by atoms with van der Waals surface area (Å²) in [4.78, 5) is 19.0. The monoisotopic (exact) mass is 294 g/mol. The molecule has 1 aromatic rings. The van der Waals surface area contributed by atoms with Crippen LogP contribution in [0.2, 0.25) is 0 Å². The summed E-state index contributed by atoms with van der Waals surface area (Å²) in [7, 11) is -4.71. The molecule has 2 N–H and O–H groups in total. The van der Waals surface area contributed by atoms with E-state index in [4.69, 9.17) is 0 Å². The van der Waals surface area contributed by atoms with Gasteiger partial charge in [0.2, 0.25) is 0 Å². The van der Waals surface area contributed by atoms with Crippen molar-refractivity contribution in [2.75, 3.05) is 6.16 Å². The fourth-order valence-corrected chi connectivity index (χ4v) is 8.30. The van der Waals surface area contributed by atoms with Crippen LogP contribution in [0, 0.1) is 5.41 Å². The smallest absolute Gasteiger partial charge is 0.321 e. The largest absolute Gasteiger partial charge is 0.353 e. The lowest BCUT2D eigenvalue weighted by Crippen LogP contribution is -2.19. The fourth-order valence-electron chi connectivity index (χ4n) is 3.06. The van der Waals surface area contributed by atoms with Crippen LogP contribution in [0.4, 0.5) is 0 Å². The zero-order valence-electron chi connectivity index (χ0n) is 10.9. The SMILES string of the molecule is CC1=C(c2ccccc2)P2C=C(P(=O)(O)O)C1(C)C2. The molecule has 2 aliphatic rings. The molecule has 2 atom stereocenters. The van der Waals surface area contributed by atoms with Crippen molar-refractivity contribution in [1.29, 1.82) is 0 Å². The van der Waals surface area contributed by atoms with Crippen LogP contribution in [-0.4, -0.2) is 15.9 Å². The standard InChI is InChI=1S/C14H16O3P2/c1-10-13(11-6-4-3-5-7-11)18-8-12(19(15,16)17)14(10,2)9-18/h3-8H,9H2,1-2H3,(H2,15,16,17). The van der Waals surface area contributed by atoms with Crippen LogP contribution in [0.15, 0.2) is 47.0 Å². The molecule has 0 radical (unpaired) electrons. The predicted molar refractivity (Wildman–Crippen MR) is 79.1 cm³/mol. The average Bonchev–Trinajstić information content (AvgIpc) is 2.80. The minimum absolute atomic E-state index is 0.336. The van der Waals surface area contributed by atoms with Crippen LogP contribution >= 0.6 is 15.5 Å². The number of allylic oxidation sites excluding steroid dienone is 2. The highest BCUT2D eigenvalue weighted by Gasteiger charge is 2.52.